The first-order valence-corrected chi connectivity index (χ1v) is 6.36. The molecule has 2 rings (SSSR count). The van der Waals surface area contributed by atoms with Crippen molar-refractivity contribution < 1.29 is 19.1 Å². The number of nitrogens with one attached hydrogen (secondary N) is 1. The lowest BCUT2D eigenvalue weighted by atomic mass is 9.97. The Morgan fingerprint density at radius 3 is 2.95 bits per heavy atom. The Bertz CT molecular complexity index is 469. The Morgan fingerprint density at radius 1 is 1.53 bits per heavy atom. The van der Waals surface area contributed by atoms with Crippen LogP contribution in [-0.2, 0) is 11.3 Å². The van der Waals surface area contributed by atoms with Crippen LogP contribution in [-0.4, -0.2) is 42.0 Å². The van der Waals surface area contributed by atoms with Crippen molar-refractivity contribution in [2.75, 3.05) is 20.1 Å². The molecule has 0 saturated carbocycles. The van der Waals surface area contributed by atoms with Gasteiger partial charge in [-0.05, 0) is 31.5 Å². The predicted molar refractivity (Wildman–Crippen MR) is 67.7 cm³/mol. The molecule has 0 spiro atoms. The highest BCUT2D eigenvalue weighted by Crippen LogP contribution is 2.19. The molecule has 0 aromatic carbocycles. The molecule has 6 nitrogen and oxygen atoms in total. The number of amides is 1. The third-order valence-electron chi connectivity index (χ3n) is 3.37. The molecule has 0 radical (unpaired) electrons. The lowest BCUT2D eigenvalue weighted by molar-refractivity contribution is -0.126. The normalized spacial score (nSPS) is 20.2. The summed E-state index contributed by atoms with van der Waals surface area (Å²) in [6, 6.07) is 3.13. The molecule has 104 valence electrons. The van der Waals surface area contributed by atoms with Crippen LogP contribution in [0.5, 0.6) is 0 Å². The second-order valence-electron chi connectivity index (χ2n) is 4.76. The molecule has 0 bridgehead atoms. The Hall–Kier alpha value is -1.82. The molecule has 1 unspecified atom stereocenters. The van der Waals surface area contributed by atoms with Gasteiger partial charge >= 0.3 is 5.97 Å². The number of carbonyl (C=O) groups is 2. The number of hydrogen-bond donors (Lipinski definition) is 2. The van der Waals surface area contributed by atoms with Crippen molar-refractivity contribution >= 4 is 11.9 Å². The van der Waals surface area contributed by atoms with E-state index < -0.39 is 5.97 Å². The molecule has 1 fully saturated rings. The van der Waals surface area contributed by atoms with Gasteiger partial charge in [0.05, 0.1) is 12.5 Å². The summed E-state index contributed by atoms with van der Waals surface area (Å²) in [4.78, 5) is 24.5. The number of aromatic carboxylic acids is 1. The van der Waals surface area contributed by atoms with Gasteiger partial charge in [0.1, 0.15) is 5.76 Å². The zero-order valence-corrected chi connectivity index (χ0v) is 10.9. The number of furan rings is 1. The molecule has 1 aliphatic rings. The van der Waals surface area contributed by atoms with Crippen LogP contribution in [0.3, 0.4) is 0 Å². The maximum absolute atomic E-state index is 11.6. The van der Waals surface area contributed by atoms with Gasteiger partial charge < -0.3 is 14.8 Å². The fourth-order valence-corrected chi connectivity index (χ4v) is 2.42. The van der Waals surface area contributed by atoms with Gasteiger partial charge in [-0.2, -0.15) is 0 Å². The van der Waals surface area contributed by atoms with E-state index in [9.17, 15) is 9.59 Å². The molecule has 2 N–H and O–H groups in total. The third-order valence-corrected chi connectivity index (χ3v) is 3.37. The number of hydrogen-bond acceptors (Lipinski definition) is 4. The van der Waals surface area contributed by atoms with Crippen LogP contribution in [0.1, 0.15) is 29.2 Å². The van der Waals surface area contributed by atoms with Gasteiger partial charge in [-0.3, -0.25) is 9.69 Å². The van der Waals surface area contributed by atoms with E-state index in [4.69, 9.17) is 9.52 Å². The average molecular weight is 266 g/mol. The zero-order chi connectivity index (χ0) is 13.8. The highest BCUT2D eigenvalue weighted by Gasteiger charge is 2.25. The van der Waals surface area contributed by atoms with E-state index >= 15 is 0 Å². The van der Waals surface area contributed by atoms with E-state index in [2.05, 4.69) is 10.2 Å². The molecule has 0 aliphatic carbocycles. The maximum Gasteiger partial charge on any atom is 0.371 e. The molecule has 19 heavy (non-hydrogen) atoms. The van der Waals surface area contributed by atoms with Crippen molar-refractivity contribution in [2.24, 2.45) is 5.92 Å². The van der Waals surface area contributed by atoms with Crippen LogP contribution < -0.4 is 5.32 Å². The van der Waals surface area contributed by atoms with E-state index in [0.717, 1.165) is 19.4 Å². The van der Waals surface area contributed by atoms with Gasteiger partial charge in [-0.25, -0.2) is 4.79 Å². The molecule has 1 aliphatic heterocycles. The van der Waals surface area contributed by atoms with Crippen molar-refractivity contribution in [3.8, 4) is 0 Å². The molecule has 1 saturated heterocycles. The minimum Gasteiger partial charge on any atom is -0.475 e. The van der Waals surface area contributed by atoms with Crippen LogP contribution in [0.25, 0.3) is 0 Å². The molecular weight excluding hydrogens is 248 g/mol. The standard InChI is InChI=1S/C13H18N2O4/c1-14-12(16)9-3-2-6-15(7-9)8-10-4-5-11(19-10)13(17)18/h4-5,9H,2-3,6-8H2,1H3,(H,14,16)(H,17,18). The topological polar surface area (TPSA) is 82.8 Å². The van der Waals surface area contributed by atoms with Crippen LogP contribution in [0, 0.1) is 5.92 Å². The van der Waals surface area contributed by atoms with Gasteiger partial charge in [0, 0.05) is 13.6 Å². The molecule has 1 aromatic heterocycles. The number of carboxylic acids is 1. The lowest BCUT2D eigenvalue weighted by Gasteiger charge is -2.30. The smallest absolute Gasteiger partial charge is 0.371 e. The molecule has 1 amide bonds. The van der Waals surface area contributed by atoms with Crippen LogP contribution in [0.2, 0.25) is 0 Å². The van der Waals surface area contributed by atoms with Gasteiger partial charge in [-0.15, -0.1) is 0 Å². The monoisotopic (exact) mass is 266 g/mol. The van der Waals surface area contributed by atoms with E-state index in [1.54, 1.807) is 13.1 Å². The summed E-state index contributed by atoms with van der Waals surface area (Å²) >= 11 is 0. The van der Waals surface area contributed by atoms with Crippen molar-refractivity contribution in [1.82, 2.24) is 10.2 Å². The predicted octanol–water partition coefficient (Wildman–Crippen LogP) is 0.936. The molecule has 6 heteroatoms. The van der Waals surface area contributed by atoms with Gasteiger partial charge in [-0.1, -0.05) is 0 Å². The number of carbonyl (C=O) groups excluding carboxylic acids is 1. The first kappa shape index (κ1) is 13.6. The Morgan fingerprint density at radius 2 is 2.32 bits per heavy atom. The summed E-state index contributed by atoms with van der Waals surface area (Å²) in [5.41, 5.74) is 0. The van der Waals surface area contributed by atoms with E-state index in [1.807, 2.05) is 0 Å². The second-order valence-corrected chi connectivity index (χ2v) is 4.76. The SMILES string of the molecule is CNC(=O)C1CCCN(Cc2ccc(C(=O)O)o2)C1. The van der Waals surface area contributed by atoms with Crippen LogP contribution in [0.4, 0.5) is 0 Å². The summed E-state index contributed by atoms with van der Waals surface area (Å²) in [6.07, 6.45) is 1.86. The fourth-order valence-electron chi connectivity index (χ4n) is 2.42. The number of piperidine rings is 1. The molecule has 1 aromatic rings. The zero-order valence-electron chi connectivity index (χ0n) is 10.9. The second kappa shape index (κ2) is 5.88. The maximum atomic E-state index is 11.6. The summed E-state index contributed by atoms with van der Waals surface area (Å²) in [7, 11) is 1.65. The average Bonchev–Trinajstić information content (AvgIpc) is 2.87. The molecule has 1 atom stereocenters. The summed E-state index contributed by atoms with van der Waals surface area (Å²) in [5.74, 6) is -0.416. The van der Waals surface area contributed by atoms with E-state index in [0.29, 0.717) is 18.8 Å². The summed E-state index contributed by atoms with van der Waals surface area (Å²) in [5, 5.41) is 11.5. The molecular formula is C13H18N2O4. The summed E-state index contributed by atoms with van der Waals surface area (Å²) in [6.45, 7) is 2.13. The van der Waals surface area contributed by atoms with Crippen molar-refractivity contribution in [2.45, 2.75) is 19.4 Å². The van der Waals surface area contributed by atoms with E-state index in [-0.39, 0.29) is 17.6 Å². The van der Waals surface area contributed by atoms with Crippen molar-refractivity contribution in [3.05, 3.63) is 23.7 Å². The van der Waals surface area contributed by atoms with Crippen molar-refractivity contribution in [3.63, 3.8) is 0 Å². The van der Waals surface area contributed by atoms with Crippen molar-refractivity contribution in [1.29, 1.82) is 0 Å². The number of rotatable bonds is 4. The highest BCUT2D eigenvalue weighted by molar-refractivity contribution is 5.84. The first-order valence-electron chi connectivity index (χ1n) is 6.36. The minimum atomic E-state index is -1.06. The summed E-state index contributed by atoms with van der Waals surface area (Å²) < 4.78 is 5.23. The van der Waals surface area contributed by atoms with Gasteiger partial charge in [0.15, 0.2) is 0 Å². The Kier molecular flexibility index (Phi) is 4.21. The number of likely N-dealkylation sites (tertiary alicyclic amines) is 1. The first-order chi connectivity index (χ1) is 9.10. The molecule has 2 heterocycles. The van der Waals surface area contributed by atoms with E-state index in [1.165, 1.54) is 6.07 Å². The quantitative estimate of drug-likeness (QED) is 0.847. The van der Waals surface area contributed by atoms with Crippen LogP contribution >= 0.6 is 0 Å². The number of nitrogens with zero attached hydrogens (tertiary/aromatic N) is 1. The van der Waals surface area contributed by atoms with Gasteiger partial charge in [0.25, 0.3) is 0 Å². The number of carboxylic acid groups (broad SMARTS) is 1. The fraction of sp³-hybridized carbons (Fsp3) is 0.538. The van der Waals surface area contributed by atoms with Crippen LogP contribution in [0.15, 0.2) is 16.5 Å². The highest BCUT2D eigenvalue weighted by atomic mass is 16.4. The minimum absolute atomic E-state index is 0.00709. The Balaban J connectivity index is 1.94. The van der Waals surface area contributed by atoms with Gasteiger partial charge in [0.2, 0.25) is 11.7 Å². The third kappa shape index (κ3) is 3.35. The lowest BCUT2D eigenvalue weighted by Crippen LogP contribution is -2.41. The Labute approximate surface area is 111 Å². The largest absolute Gasteiger partial charge is 0.475 e.